The first-order chi connectivity index (χ1) is 13.1. The summed E-state index contributed by atoms with van der Waals surface area (Å²) >= 11 is 0. The van der Waals surface area contributed by atoms with E-state index in [2.05, 4.69) is 21.3 Å². The average Bonchev–Trinajstić information content (AvgIpc) is 2.58. The van der Waals surface area contributed by atoms with Crippen LogP contribution < -0.4 is 21.3 Å². The lowest BCUT2D eigenvalue weighted by Gasteiger charge is -2.16. The van der Waals surface area contributed by atoms with Gasteiger partial charge >= 0.3 is 11.9 Å². The maximum Gasteiger partial charge on any atom is 0.316 e. The van der Waals surface area contributed by atoms with E-state index in [1.54, 1.807) is 7.05 Å². The minimum absolute atomic E-state index is 0.185. The third kappa shape index (κ3) is 11.6. The fourth-order valence-corrected chi connectivity index (χ4v) is 1.67. The van der Waals surface area contributed by atoms with Crippen LogP contribution in [-0.2, 0) is 38.2 Å². The number of esters is 2. The molecule has 0 radical (unpaired) electrons. The number of ether oxygens (including phenoxy) is 2. The summed E-state index contributed by atoms with van der Waals surface area (Å²) in [5.74, 6) is -4.07. The molecule has 0 aromatic carbocycles. The zero-order valence-corrected chi connectivity index (χ0v) is 16.2. The SMILES string of the molecule is CNCNC(=O)CC(=O)OC(C)C(=O)NCNC(=O)C(C)OC(=O)CC(C)=O. The highest BCUT2D eigenvalue weighted by atomic mass is 16.6. The third-order valence-corrected chi connectivity index (χ3v) is 3.04. The second-order valence-corrected chi connectivity index (χ2v) is 5.71. The van der Waals surface area contributed by atoms with Gasteiger partial charge in [0.1, 0.15) is 18.6 Å². The van der Waals surface area contributed by atoms with Crippen LogP contribution in [0.25, 0.3) is 0 Å². The van der Waals surface area contributed by atoms with Crippen LogP contribution in [0, 0.1) is 0 Å². The zero-order valence-electron chi connectivity index (χ0n) is 16.2. The van der Waals surface area contributed by atoms with Crippen molar-refractivity contribution < 1.29 is 38.2 Å². The molecule has 0 bridgehead atoms. The van der Waals surface area contributed by atoms with E-state index >= 15 is 0 Å². The van der Waals surface area contributed by atoms with Crippen LogP contribution in [0.5, 0.6) is 0 Å². The Labute approximate surface area is 162 Å². The fourth-order valence-electron chi connectivity index (χ4n) is 1.67. The molecule has 0 fully saturated rings. The first-order valence-corrected chi connectivity index (χ1v) is 8.41. The lowest BCUT2D eigenvalue weighted by Crippen LogP contribution is -2.45. The van der Waals surface area contributed by atoms with Gasteiger partial charge in [0.15, 0.2) is 12.2 Å². The average molecular weight is 402 g/mol. The quantitative estimate of drug-likeness (QED) is 0.159. The monoisotopic (exact) mass is 402 g/mol. The molecule has 0 aliphatic rings. The van der Waals surface area contributed by atoms with E-state index in [1.165, 1.54) is 20.8 Å². The van der Waals surface area contributed by atoms with E-state index < -0.39 is 60.5 Å². The van der Waals surface area contributed by atoms with Crippen LogP contribution in [0.1, 0.15) is 33.6 Å². The lowest BCUT2D eigenvalue weighted by molar-refractivity contribution is -0.156. The van der Waals surface area contributed by atoms with Crippen molar-refractivity contribution in [2.75, 3.05) is 20.4 Å². The molecule has 12 heteroatoms. The van der Waals surface area contributed by atoms with Crippen molar-refractivity contribution in [3.05, 3.63) is 0 Å². The summed E-state index contributed by atoms with van der Waals surface area (Å²) in [4.78, 5) is 68.6. The van der Waals surface area contributed by atoms with Crippen LogP contribution in [0.15, 0.2) is 0 Å². The van der Waals surface area contributed by atoms with Gasteiger partial charge in [0.05, 0.1) is 13.3 Å². The number of ketones is 1. The molecule has 0 aliphatic heterocycles. The maximum atomic E-state index is 11.8. The second kappa shape index (κ2) is 13.2. The van der Waals surface area contributed by atoms with Gasteiger partial charge in [0, 0.05) is 0 Å². The first-order valence-electron chi connectivity index (χ1n) is 8.41. The molecule has 4 N–H and O–H groups in total. The smallest absolute Gasteiger partial charge is 0.316 e. The van der Waals surface area contributed by atoms with Gasteiger partial charge < -0.3 is 30.7 Å². The molecule has 0 heterocycles. The number of rotatable bonds is 12. The molecule has 0 aromatic heterocycles. The molecule has 28 heavy (non-hydrogen) atoms. The topological polar surface area (TPSA) is 169 Å². The van der Waals surface area contributed by atoms with E-state index in [4.69, 9.17) is 9.47 Å². The number of nitrogens with one attached hydrogen (secondary N) is 4. The summed E-state index contributed by atoms with van der Waals surface area (Å²) in [6.07, 6.45) is -3.33. The predicted molar refractivity (Wildman–Crippen MR) is 94.2 cm³/mol. The van der Waals surface area contributed by atoms with Crippen LogP contribution in [-0.4, -0.2) is 68.0 Å². The Bertz CT molecular complexity index is 607. The van der Waals surface area contributed by atoms with E-state index in [1.807, 2.05) is 0 Å². The summed E-state index contributed by atoms with van der Waals surface area (Å²) in [5, 5.41) is 9.64. The van der Waals surface area contributed by atoms with E-state index in [9.17, 15) is 28.8 Å². The summed E-state index contributed by atoms with van der Waals surface area (Å²) in [7, 11) is 1.61. The van der Waals surface area contributed by atoms with Gasteiger partial charge in [-0.25, -0.2) is 0 Å². The molecule has 2 unspecified atom stereocenters. The number of hydrogen-bond donors (Lipinski definition) is 4. The van der Waals surface area contributed by atoms with E-state index in [-0.39, 0.29) is 13.3 Å². The minimum Gasteiger partial charge on any atom is -0.452 e. The molecule has 0 saturated carbocycles. The number of carbonyl (C=O) groups is 6. The van der Waals surface area contributed by atoms with Crippen molar-refractivity contribution in [2.45, 2.75) is 45.8 Å². The van der Waals surface area contributed by atoms with Gasteiger partial charge in [-0.3, -0.25) is 28.8 Å². The maximum absolute atomic E-state index is 11.8. The van der Waals surface area contributed by atoms with Gasteiger partial charge in [-0.15, -0.1) is 0 Å². The van der Waals surface area contributed by atoms with E-state index in [0.29, 0.717) is 0 Å². The van der Waals surface area contributed by atoms with Gasteiger partial charge in [0.2, 0.25) is 5.91 Å². The molecule has 0 rings (SSSR count). The predicted octanol–water partition coefficient (Wildman–Crippen LogP) is -2.30. The Morgan fingerprint density at radius 3 is 1.64 bits per heavy atom. The zero-order chi connectivity index (χ0) is 21.7. The Balaban J connectivity index is 4.16. The molecular weight excluding hydrogens is 376 g/mol. The van der Waals surface area contributed by atoms with Gasteiger partial charge in [0.25, 0.3) is 11.8 Å². The largest absolute Gasteiger partial charge is 0.452 e. The molecule has 2 atom stereocenters. The first kappa shape index (κ1) is 25.0. The molecule has 0 saturated heterocycles. The summed E-state index contributed by atoms with van der Waals surface area (Å²) in [5.41, 5.74) is 0. The minimum atomic E-state index is -1.19. The molecule has 158 valence electrons. The Morgan fingerprint density at radius 2 is 1.21 bits per heavy atom. The van der Waals surface area contributed by atoms with Crippen molar-refractivity contribution in [1.82, 2.24) is 21.3 Å². The highest BCUT2D eigenvalue weighted by Gasteiger charge is 2.21. The van der Waals surface area contributed by atoms with Crippen LogP contribution >= 0.6 is 0 Å². The Morgan fingerprint density at radius 1 is 0.750 bits per heavy atom. The number of carbonyl (C=O) groups excluding carboxylic acids is 6. The third-order valence-electron chi connectivity index (χ3n) is 3.04. The fraction of sp³-hybridized carbons (Fsp3) is 0.625. The number of hydrogen-bond acceptors (Lipinski definition) is 9. The molecule has 0 spiro atoms. The normalized spacial score (nSPS) is 12.1. The highest BCUT2D eigenvalue weighted by molar-refractivity contribution is 5.96. The Hall–Kier alpha value is -3.02. The number of Topliss-reactive ketones (excluding diaryl/α,β-unsaturated/α-hetero) is 1. The van der Waals surface area contributed by atoms with Crippen LogP contribution in [0.4, 0.5) is 0 Å². The summed E-state index contributed by atoms with van der Waals surface area (Å²) in [6, 6.07) is 0. The Kier molecular flexibility index (Phi) is 11.8. The van der Waals surface area contributed by atoms with E-state index in [0.717, 1.165) is 0 Å². The lowest BCUT2D eigenvalue weighted by atomic mass is 10.3. The molecule has 0 aliphatic carbocycles. The second-order valence-electron chi connectivity index (χ2n) is 5.71. The van der Waals surface area contributed by atoms with Gasteiger partial charge in [-0.05, 0) is 27.8 Å². The van der Waals surface area contributed by atoms with Crippen molar-refractivity contribution >= 4 is 35.4 Å². The summed E-state index contributed by atoms with van der Waals surface area (Å²) in [6.45, 7) is 3.69. The number of amides is 3. The van der Waals surface area contributed by atoms with Crippen molar-refractivity contribution in [1.29, 1.82) is 0 Å². The molecule has 3 amide bonds. The van der Waals surface area contributed by atoms with Crippen molar-refractivity contribution in [2.24, 2.45) is 0 Å². The highest BCUT2D eigenvalue weighted by Crippen LogP contribution is 1.97. The van der Waals surface area contributed by atoms with Crippen molar-refractivity contribution in [3.63, 3.8) is 0 Å². The van der Waals surface area contributed by atoms with Crippen LogP contribution in [0.3, 0.4) is 0 Å². The summed E-state index contributed by atoms with van der Waals surface area (Å²) < 4.78 is 9.56. The molecule has 0 aromatic rings. The van der Waals surface area contributed by atoms with Crippen LogP contribution in [0.2, 0.25) is 0 Å². The van der Waals surface area contributed by atoms with Gasteiger partial charge in [-0.2, -0.15) is 0 Å². The van der Waals surface area contributed by atoms with Crippen molar-refractivity contribution in [3.8, 4) is 0 Å². The standard InChI is InChI=1S/C16H26N4O8/c1-9(21)5-13(23)27-10(2)15(25)19-8-20-16(26)11(3)28-14(24)6-12(22)18-7-17-4/h10-11,17H,5-8H2,1-4H3,(H,18,22)(H,19,25)(H,20,26). The van der Waals surface area contributed by atoms with Gasteiger partial charge in [-0.1, -0.05) is 0 Å². The molecule has 12 nitrogen and oxygen atoms in total. The molecular formula is C16H26N4O8.